The number of carbonyl (C=O) groups is 2. The minimum atomic E-state index is -0.918. The van der Waals surface area contributed by atoms with Gasteiger partial charge in [-0.25, -0.2) is 4.79 Å². The second-order valence-electron chi connectivity index (χ2n) is 4.83. The second kappa shape index (κ2) is 4.41. The lowest BCUT2D eigenvalue weighted by atomic mass is 10.1. The van der Waals surface area contributed by atoms with Gasteiger partial charge in [0.1, 0.15) is 6.04 Å². The molecule has 1 amide bonds. The summed E-state index contributed by atoms with van der Waals surface area (Å²) in [5.41, 5.74) is 0. The third kappa shape index (κ3) is 2.35. The van der Waals surface area contributed by atoms with Gasteiger partial charge in [-0.05, 0) is 12.3 Å². The average molecular weight is 227 g/mol. The first-order chi connectivity index (χ1) is 7.61. The van der Waals surface area contributed by atoms with Crippen LogP contribution in [0.25, 0.3) is 0 Å². The zero-order chi connectivity index (χ0) is 11.7. The number of carboxylic acid groups (broad SMARTS) is 1. The standard InChI is InChI=1S/C11H17NO4/c13-6-8-4-10(14)12(5-8)9(11(15)16)3-7-1-2-7/h7-9,13H,1-6H2,(H,15,16). The van der Waals surface area contributed by atoms with Gasteiger partial charge in [0.15, 0.2) is 0 Å². The first-order valence-electron chi connectivity index (χ1n) is 5.75. The summed E-state index contributed by atoms with van der Waals surface area (Å²) in [6, 6.07) is -0.684. The molecule has 0 radical (unpaired) electrons. The molecule has 1 saturated heterocycles. The summed E-state index contributed by atoms with van der Waals surface area (Å²) in [6.07, 6.45) is 3.01. The Morgan fingerprint density at radius 1 is 1.44 bits per heavy atom. The Morgan fingerprint density at radius 3 is 2.56 bits per heavy atom. The Balaban J connectivity index is 2.01. The van der Waals surface area contributed by atoms with Crippen LogP contribution in [-0.2, 0) is 9.59 Å². The highest BCUT2D eigenvalue weighted by atomic mass is 16.4. The zero-order valence-electron chi connectivity index (χ0n) is 9.13. The van der Waals surface area contributed by atoms with E-state index >= 15 is 0 Å². The molecule has 0 aromatic rings. The van der Waals surface area contributed by atoms with Gasteiger partial charge in [-0.3, -0.25) is 4.79 Å². The normalized spacial score (nSPS) is 27.2. The fourth-order valence-corrected chi connectivity index (χ4v) is 2.26. The van der Waals surface area contributed by atoms with Gasteiger partial charge in [0.25, 0.3) is 0 Å². The number of aliphatic carboxylic acids is 1. The highest BCUT2D eigenvalue weighted by Crippen LogP contribution is 2.36. The monoisotopic (exact) mass is 227 g/mol. The van der Waals surface area contributed by atoms with Gasteiger partial charge in [0, 0.05) is 25.5 Å². The number of hydrogen-bond donors (Lipinski definition) is 2. The number of carbonyl (C=O) groups excluding carboxylic acids is 1. The maximum Gasteiger partial charge on any atom is 0.326 e. The molecule has 2 aliphatic rings. The molecular formula is C11H17NO4. The van der Waals surface area contributed by atoms with E-state index in [1.165, 1.54) is 4.90 Å². The van der Waals surface area contributed by atoms with Crippen molar-refractivity contribution in [3.05, 3.63) is 0 Å². The summed E-state index contributed by atoms with van der Waals surface area (Å²) in [5.74, 6) is -0.665. The number of amides is 1. The van der Waals surface area contributed by atoms with Crippen LogP contribution in [0.3, 0.4) is 0 Å². The molecule has 2 rings (SSSR count). The molecule has 0 aromatic carbocycles. The molecule has 1 heterocycles. The zero-order valence-corrected chi connectivity index (χ0v) is 9.13. The van der Waals surface area contributed by atoms with Crippen molar-refractivity contribution in [2.24, 2.45) is 11.8 Å². The van der Waals surface area contributed by atoms with Crippen LogP contribution in [0.5, 0.6) is 0 Å². The Labute approximate surface area is 94.0 Å². The summed E-state index contributed by atoms with van der Waals surface area (Å²) in [6.45, 7) is 0.344. The molecule has 16 heavy (non-hydrogen) atoms. The van der Waals surface area contributed by atoms with Crippen LogP contribution in [0.4, 0.5) is 0 Å². The Hall–Kier alpha value is -1.10. The van der Waals surface area contributed by atoms with Gasteiger partial charge in [-0.15, -0.1) is 0 Å². The maximum absolute atomic E-state index is 11.6. The van der Waals surface area contributed by atoms with Gasteiger partial charge in [0.05, 0.1) is 0 Å². The third-order valence-electron chi connectivity index (χ3n) is 3.41. The third-order valence-corrected chi connectivity index (χ3v) is 3.41. The van der Waals surface area contributed by atoms with Crippen molar-refractivity contribution in [1.82, 2.24) is 4.90 Å². The van der Waals surface area contributed by atoms with E-state index in [1.54, 1.807) is 0 Å². The quantitative estimate of drug-likeness (QED) is 0.697. The van der Waals surface area contributed by atoms with E-state index in [1.807, 2.05) is 0 Å². The molecule has 1 aliphatic heterocycles. The largest absolute Gasteiger partial charge is 0.480 e. The van der Waals surface area contributed by atoms with Gasteiger partial charge >= 0.3 is 5.97 Å². The first kappa shape index (κ1) is 11.4. The lowest BCUT2D eigenvalue weighted by molar-refractivity contribution is -0.148. The topological polar surface area (TPSA) is 77.8 Å². The predicted molar refractivity (Wildman–Crippen MR) is 55.7 cm³/mol. The molecule has 1 aliphatic carbocycles. The van der Waals surface area contributed by atoms with Crippen LogP contribution in [0.15, 0.2) is 0 Å². The summed E-state index contributed by atoms with van der Waals surface area (Å²) >= 11 is 0. The SMILES string of the molecule is O=C(O)C(CC1CC1)N1CC(CO)CC1=O. The molecule has 2 atom stereocenters. The highest BCUT2D eigenvalue weighted by Gasteiger charge is 2.40. The predicted octanol–water partition coefficient (Wildman–Crippen LogP) is 0.0805. The molecule has 2 fully saturated rings. The summed E-state index contributed by atoms with van der Waals surface area (Å²) in [7, 11) is 0. The van der Waals surface area contributed by atoms with Crippen molar-refractivity contribution in [3.8, 4) is 0 Å². The molecule has 0 spiro atoms. The van der Waals surface area contributed by atoms with Crippen molar-refractivity contribution >= 4 is 11.9 Å². The van der Waals surface area contributed by atoms with E-state index in [4.69, 9.17) is 10.2 Å². The van der Waals surface area contributed by atoms with Crippen molar-refractivity contribution in [1.29, 1.82) is 0 Å². The van der Waals surface area contributed by atoms with Gasteiger partial charge in [-0.2, -0.15) is 0 Å². The van der Waals surface area contributed by atoms with Crippen molar-refractivity contribution in [2.45, 2.75) is 31.7 Å². The highest BCUT2D eigenvalue weighted by molar-refractivity contribution is 5.85. The smallest absolute Gasteiger partial charge is 0.326 e. The molecule has 2 unspecified atom stereocenters. The fourth-order valence-electron chi connectivity index (χ4n) is 2.26. The van der Waals surface area contributed by atoms with Gasteiger partial charge in [-0.1, -0.05) is 12.8 Å². The van der Waals surface area contributed by atoms with Crippen LogP contribution in [0.1, 0.15) is 25.7 Å². The van der Waals surface area contributed by atoms with Gasteiger partial charge in [0.2, 0.25) is 5.91 Å². The van der Waals surface area contributed by atoms with E-state index < -0.39 is 12.0 Å². The van der Waals surface area contributed by atoms with Crippen LogP contribution >= 0.6 is 0 Å². The maximum atomic E-state index is 11.6. The summed E-state index contributed by atoms with van der Waals surface area (Å²) in [5, 5.41) is 18.1. The van der Waals surface area contributed by atoms with Crippen molar-refractivity contribution < 1.29 is 19.8 Å². The Bertz CT molecular complexity index is 300. The molecular weight excluding hydrogens is 210 g/mol. The minimum Gasteiger partial charge on any atom is -0.480 e. The van der Waals surface area contributed by atoms with Crippen LogP contribution < -0.4 is 0 Å². The summed E-state index contributed by atoms with van der Waals surface area (Å²) in [4.78, 5) is 24.2. The lowest BCUT2D eigenvalue weighted by Gasteiger charge is -2.24. The number of carboxylic acids is 1. The van der Waals surface area contributed by atoms with E-state index in [2.05, 4.69) is 0 Å². The van der Waals surface area contributed by atoms with E-state index in [0.29, 0.717) is 18.9 Å². The number of nitrogens with zero attached hydrogens (tertiary/aromatic N) is 1. The number of rotatable bonds is 5. The van der Waals surface area contributed by atoms with Crippen LogP contribution in [0.2, 0.25) is 0 Å². The van der Waals surface area contributed by atoms with Crippen LogP contribution in [-0.4, -0.2) is 46.2 Å². The molecule has 90 valence electrons. The van der Waals surface area contributed by atoms with Gasteiger partial charge < -0.3 is 15.1 Å². The summed E-state index contributed by atoms with van der Waals surface area (Å²) < 4.78 is 0. The van der Waals surface area contributed by atoms with E-state index in [0.717, 1.165) is 12.8 Å². The Kier molecular flexibility index (Phi) is 3.14. The van der Waals surface area contributed by atoms with Crippen molar-refractivity contribution in [3.63, 3.8) is 0 Å². The molecule has 5 heteroatoms. The van der Waals surface area contributed by atoms with Crippen molar-refractivity contribution in [2.75, 3.05) is 13.2 Å². The lowest BCUT2D eigenvalue weighted by Crippen LogP contribution is -2.42. The number of aliphatic hydroxyl groups excluding tert-OH is 1. The van der Waals surface area contributed by atoms with E-state index in [9.17, 15) is 9.59 Å². The van der Waals surface area contributed by atoms with E-state index in [-0.39, 0.29) is 24.9 Å². The Morgan fingerprint density at radius 2 is 2.12 bits per heavy atom. The molecule has 0 aromatic heterocycles. The second-order valence-corrected chi connectivity index (χ2v) is 4.83. The fraction of sp³-hybridized carbons (Fsp3) is 0.818. The first-order valence-corrected chi connectivity index (χ1v) is 5.75. The number of hydrogen-bond acceptors (Lipinski definition) is 3. The molecule has 5 nitrogen and oxygen atoms in total. The molecule has 0 bridgehead atoms. The number of likely N-dealkylation sites (tertiary alicyclic amines) is 1. The molecule has 1 saturated carbocycles. The number of aliphatic hydroxyl groups is 1. The average Bonchev–Trinajstić information content (AvgIpc) is 2.98. The minimum absolute atomic E-state index is 0.0436. The van der Waals surface area contributed by atoms with Crippen LogP contribution in [0, 0.1) is 11.8 Å². The molecule has 2 N–H and O–H groups in total.